The lowest BCUT2D eigenvalue weighted by atomic mass is 10.3. The fourth-order valence-electron chi connectivity index (χ4n) is 1.69. The molecule has 0 bridgehead atoms. The average molecular weight is 327 g/mol. The molecule has 0 unspecified atom stereocenters. The minimum absolute atomic E-state index is 0.797. The molecule has 0 spiro atoms. The van der Waals surface area contributed by atoms with E-state index < -0.39 is 0 Å². The number of nitrogens with one attached hydrogen (secondary N) is 1. The van der Waals surface area contributed by atoms with Gasteiger partial charge in [-0.1, -0.05) is 0 Å². The van der Waals surface area contributed by atoms with E-state index >= 15 is 0 Å². The van der Waals surface area contributed by atoms with Crippen LogP contribution in [0.25, 0.3) is 0 Å². The van der Waals surface area contributed by atoms with Gasteiger partial charge >= 0.3 is 0 Å². The van der Waals surface area contributed by atoms with Crippen LogP contribution in [0, 0.1) is 0 Å². The maximum Gasteiger partial charge on any atom is 0.0564 e. The van der Waals surface area contributed by atoms with Crippen LogP contribution in [0.2, 0.25) is 0 Å². The molecule has 2 aromatic heterocycles. The third-order valence-electron chi connectivity index (χ3n) is 2.46. The molecule has 0 aromatic carbocycles. The highest BCUT2D eigenvalue weighted by Gasteiger charge is 2.05. The molecule has 0 aliphatic rings. The van der Waals surface area contributed by atoms with Crippen LogP contribution in [0.3, 0.4) is 0 Å². The predicted octanol–water partition coefficient (Wildman–Crippen LogP) is 2.82. The maximum absolute atomic E-state index is 5.38. The van der Waals surface area contributed by atoms with E-state index in [4.69, 9.17) is 5.84 Å². The van der Waals surface area contributed by atoms with Crippen molar-refractivity contribution in [2.75, 3.05) is 12.5 Å². The zero-order chi connectivity index (χ0) is 13.0. The summed E-state index contributed by atoms with van der Waals surface area (Å²) in [5.41, 5.74) is 4.52. The number of nitrogens with zero attached hydrogens (tertiary/aromatic N) is 2. The van der Waals surface area contributed by atoms with Gasteiger partial charge in [-0.2, -0.15) is 0 Å². The molecule has 2 aromatic rings. The van der Waals surface area contributed by atoms with Crippen molar-refractivity contribution in [1.29, 1.82) is 0 Å². The topological polar surface area (TPSA) is 54.2 Å². The second kappa shape index (κ2) is 6.29. The summed E-state index contributed by atoms with van der Waals surface area (Å²) in [6.45, 7) is 1.71. The number of hydrogen-bond acceptors (Lipinski definition) is 5. The number of halogens is 1. The highest BCUT2D eigenvalue weighted by Crippen LogP contribution is 2.21. The number of hydrazine groups is 1. The van der Waals surface area contributed by atoms with Gasteiger partial charge in [0, 0.05) is 34.0 Å². The summed E-state index contributed by atoms with van der Waals surface area (Å²) in [5, 5.41) is 2.10. The lowest BCUT2D eigenvalue weighted by Gasteiger charge is -2.15. The fourth-order valence-corrected chi connectivity index (χ4v) is 3.22. The van der Waals surface area contributed by atoms with Crippen molar-refractivity contribution in [3.63, 3.8) is 0 Å². The van der Waals surface area contributed by atoms with Crippen molar-refractivity contribution in [2.24, 2.45) is 5.84 Å². The number of aromatic nitrogens is 1. The molecule has 0 aliphatic heterocycles. The van der Waals surface area contributed by atoms with Crippen LogP contribution in [0.15, 0.2) is 34.2 Å². The molecule has 0 atom stereocenters. The Morgan fingerprint density at radius 3 is 2.94 bits per heavy atom. The second-order valence-corrected chi connectivity index (χ2v) is 6.00. The molecule has 6 heteroatoms. The Labute approximate surface area is 119 Å². The van der Waals surface area contributed by atoms with Crippen molar-refractivity contribution in [3.05, 3.63) is 44.8 Å². The Bertz CT molecular complexity index is 514. The zero-order valence-electron chi connectivity index (χ0n) is 10.1. The zero-order valence-corrected chi connectivity index (χ0v) is 12.5. The number of anilines is 1. The summed E-state index contributed by atoms with van der Waals surface area (Å²) in [4.78, 5) is 7.89. The molecule has 0 aliphatic carbocycles. The van der Waals surface area contributed by atoms with Crippen LogP contribution in [0.1, 0.15) is 10.6 Å². The molecular weight excluding hydrogens is 312 g/mol. The summed E-state index contributed by atoms with van der Waals surface area (Å²) < 4.78 is 1.14. The Kier molecular flexibility index (Phi) is 4.71. The molecule has 3 N–H and O–H groups in total. The van der Waals surface area contributed by atoms with Gasteiger partial charge in [-0.05, 0) is 41.2 Å². The van der Waals surface area contributed by atoms with Crippen LogP contribution in [0.5, 0.6) is 0 Å². The molecule has 2 heterocycles. The minimum atomic E-state index is 0.797. The number of nitrogen functional groups attached to an aromatic ring is 1. The molecular formula is C12H15BrN4S. The molecule has 96 valence electrons. The van der Waals surface area contributed by atoms with Crippen LogP contribution < -0.4 is 11.3 Å². The standard InChI is InChI=1S/C12H15BrN4S/c1-17(7-12-4-9(13)8-18-12)6-11-5-10(16-14)2-3-15-11/h2-5,8H,6-7,14H2,1H3,(H,15,16). The van der Waals surface area contributed by atoms with Gasteiger partial charge in [0.05, 0.1) is 11.4 Å². The molecule has 4 nitrogen and oxygen atoms in total. The van der Waals surface area contributed by atoms with E-state index in [0.717, 1.165) is 28.9 Å². The highest BCUT2D eigenvalue weighted by atomic mass is 79.9. The first-order chi connectivity index (χ1) is 8.67. The van der Waals surface area contributed by atoms with E-state index in [-0.39, 0.29) is 0 Å². The molecule has 0 amide bonds. The van der Waals surface area contributed by atoms with Crippen molar-refractivity contribution in [3.8, 4) is 0 Å². The monoisotopic (exact) mass is 326 g/mol. The van der Waals surface area contributed by atoms with Gasteiger partial charge in [0.2, 0.25) is 0 Å². The van der Waals surface area contributed by atoms with Crippen LogP contribution >= 0.6 is 27.3 Å². The van der Waals surface area contributed by atoms with Crippen LogP contribution in [-0.2, 0) is 13.1 Å². The van der Waals surface area contributed by atoms with E-state index in [1.165, 1.54) is 4.88 Å². The summed E-state index contributed by atoms with van der Waals surface area (Å²) in [5.74, 6) is 5.38. The molecule has 0 radical (unpaired) electrons. The Morgan fingerprint density at radius 1 is 1.44 bits per heavy atom. The first kappa shape index (κ1) is 13.5. The van der Waals surface area contributed by atoms with Gasteiger partial charge in [-0.25, -0.2) is 0 Å². The first-order valence-corrected chi connectivity index (χ1v) is 7.17. The van der Waals surface area contributed by atoms with Gasteiger partial charge in [-0.15, -0.1) is 11.3 Å². The largest absolute Gasteiger partial charge is 0.324 e. The molecule has 0 saturated heterocycles. The molecule has 0 saturated carbocycles. The maximum atomic E-state index is 5.38. The summed E-state index contributed by atoms with van der Waals surface area (Å²) in [6, 6.07) is 5.95. The smallest absolute Gasteiger partial charge is 0.0564 e. The summed E-state index contributed by atoms with van der Waals surface area (Å²) in [6.07, 6.45) is 1.76. The lowest BCUT2D eigenvalue weighted by Crippen LogP contribution is -2.17. The Balaban J connectivity index is 1.96. The molecule has 18 heavy (non-hydrogen) atoms. The quantitative estimate of drug-likeness (QED) is 0.655. The van der Waals surface area contributed by atoms with E-state index in [1.54, 1.807) is 17.5 Å². The summed E-state index contributed by atoms with van der Waals surface area (Å²) in [7, 11) is 2.08. The fraction of sp³-hybridized carbons (Fsp3) is 0.250. The highest BCUT2D eigenvalue weighted by molar-refractivity contribution is 9.10. The summed E-state index contributed by atoms with van der Waals surface area (Å²) >= 11 is 5.22. The van der Waals surface area contributed by atoms with Gasteiger partial charge in [-0.3, -0.25) is 15.7 Å². The van der Waals surface area contributed by atoms with Crippen molar-refractivity contribution in [2.45, 2.75) is 13.1 Å². The van der Waals surface area contributed by atoms with Gasteiger partial charge < -0.3 is 5.43 Å². The van der Waals surface area contributed by atoms with Gasteiger partial charge in [0.1, 0.15) is 0 Å². The minimum Gasteiger partial charge on any atom is -0.324 e. The number of rotatable bonds is 5. The number of thiophene rings is 1. The van der Waals surface area contributed by atoms with Crippen molar-refractivity contribution in [1.82, 2.24) is 9.88 Å². The Hall–Kier alpha value is -0.950. The average Bonchev–Trinajstić information content (AvgIpc) is 2.74. The normalized spacial score (nSPS) is 10.9. The van der Waals surface area contributed by atoms with Gasteiger partial charge in [0.15, 0.2) is 0 Å². The second-order valence-electron chi connectivity index (χ2n) is 4.08. The third kappa shape index (κ3) is 3.78. The van der Waals surface area contributed by atoms with E-state index in [9.17, 15) is 0 Å². The third-order valence-corrected chi connectivity index (χ3v) is 4.15. The van der Waals surface area contributed by atoms with Crippen LogP contribution in [0.4, 0.5) is 5.69 Å². The van der Waals surface area contributed by atoms with Crippen molar-refractivity contribution >= 4 is 33.0 Å². The van der Waals surface area contributed by atoms with Gasteiger partial charge in [0.25, 0.3) is 0 Å². The first-order valence-electron chi connectivity index (χ1n) is 5.50. The SMILES string of the molecule is CN(Cc1cc(NN)ccn1)Cc1cc(Br)cs1. The number of hydrogen-bond donors (Lipinski definition) is 2. The molecule has 0 fully saturated rings. The van der Waals surface area contributed by atoms with E-state index in [2.05, 4.69) is 49.7 Å². The van der Waals surface area contributed by atoms with E-state index in [1.807, 2.05) is 12.1 Å². The molecule has 2 rings (SSSR count). The predicted molar refractivity (Wildman–Crippen MR) is 79.2 cm³/mol. The number of nitrogens with two attached hydrogens (primary N) is 1. The van der Waals surface area contributed by atoms with Crippen LogP contribution in [-0.4, -0.2) is 16.9 Å². The van der Waals surface area contributed by atoms with Crippen molar-refractivity contribution < 1.29 is 0 Å². The van der Waals surface area contributed by atoms with E-state index in [0.29, 0.717) is 0 Å². The lowest BCUT2D eigenvalue weighted by molar-refractivity contribution is 0.318. The Morgan fingerprint density at radius 2 is 2.28 bits per heavy atom. The number of pyridine rings is 1.